The molecule has 1 aromatic heterocycles. The Morgan fingerprint density at radius 2 is 1.94 bits per heavy atom. The van der Waals surface area contributed by atoms with Crippen LogP contribution in [0.25, 0.3) is 0 Å². The number of anilines is 2. The van der Waals surface area contributed by atoms with E-state index in [-0.39, 0.29) is 0 Å². The fourth-order valence-electron chi connectivity index (χ4n) is 2.57. The van der Waals surface area contributed by atoms with Gasteiger partial charge >= 0.3 is 0 Å². The van der Waals surface area contributed by atoms with Crippen molar-refractivity contribution in [3.8, 4) is 0 Å². The van der Waals surface area contributed by atoms with Crippen LogP contribution in [0, 0.1) is 6.92 Å². The van der Waals surface area contributed by atoms with E-state index in [1.807, 2.05) is 6.92 Å². The van der Waals surface area contributed by atoms with Crippen LogP contribution >= 0.6 is 0 Å². The van der Waals surface area contributed by atoms with Gasteiger partial charge < -0.3 is 15.5 Å². The zero-order valence-corrected chi connectivity index (χ0v) is 10.3. The summed E-state index contributed by atoms with van der Waals surface area (Å²) in [7, 11) is 0. The molecule has 0 atom stereocenters. The largest absolute Gasteiger partial charge is 0.370 e. The third-order valence-electron chi connectivity index (χ3n) is 3.41. The zero-order chi connectivity index (χ0) is 11.7. The summed E-state index contributed by atoms with van der Waals surface area (Å²) in [6, 6.07) is 0. The number of hydrogen-bond donors (Lipinski definition) is 2. The van der Waals surface area contributed by atoms with Crippen molar-refractivity contribution in [2.45, 2.75) is 19.8 Å². The molecule has 1 saturated heterocycles. The smallest absolute Gasteiger partial charge is 0.137 e. The van der Waals surface area contributed by atoms with E-state index in [9.17, 15) is 0 Å². The van der Waals surface area contributed by atoms with E-state index in [0.717, 1.165) is 56.6 Å². The van der Waals surface area contributed by atoms with Crippen LogP contribution in [0.2, 0.25) is 0 Å². The first-order valence-electron chi connectivity index (χ1n) is 6.41. The lowest BCUT2D eigenvalue weighted by atomic mass is 10.1. The molecule has 5 nitrogen and oxygen atoms in total. The van der Waals surface area contributed by atoms with E-state index >= 15 is 0 Å². The second kappa shape index (κ2) is 4.49. The maximum atomic E-state index is 4.66. The topological polar surface area (TPSA) is 53.1 Å². The summed E-state index contributed by atoms with van der Waals surface area (Å²) in [4.78, 5) is 11.5. The molecule has 3 heterocycles. The fourth-order valence-corrected chi connectivity index (χ4v) is 2.57. The van der Waals surface area contributed by atoms with Gasteiger partial charge in [-0.15, -0.1) is 0 Å². The molecule has 0 saturated carbocycles. The predicted molar refractivity (Wildman–Crippen MR) is 68.7 cm³/mol. The van der Waals surface area contributed by atoms with Crippen molar-refractivity contribution in [2.75, 3.05) is 42.9 Å². The van der Waals surface area contributed by atoms with Gasteiger partial charge in [0.05, 0.1) is 0 Å². The van der Waals surface area contributed by atoms with E-state index < -0.39 is 0 Å². The maximum Gasteiger partial charge on any atom is 0.137 e. The molecule has 0 aromatic carbocycles. The number of fused-ring (bicyclic) bond motifs is 1. The van der Waals surface area contributed by atoms with Gasteiger partial charge in [-0.25, -0.2) is 9.97 Å². The highest BCUT2D eigenvalue weighted by molar-refractivity contribution is 5.61. The summed E-state index contributed by atoms with van der Waals surface area (Å²) < 4.78 is 0. The molecule has 17 heavy (non-hydrogen) atoms. The van der Waals surface area contributed by atoms with Gasteiger partial charge in [0.1, 0.15) is 17.5 Å². The lowest BCUT2D eigenvalue weighted by Gasteiger charge is -2.31. The summed E-state index contributed by atoms with van der Waals surface area (Å²) in [5.41, 5.74) is 1.31. The predicted octanol–water partition coefficient (Wildman–Crippen LogP) is 0.553. The Morgan fingerprint density at radius 3 is 2.76 bits per heavy atom. The average molecular weight is 233 g/mol. The molecule has 1 fully saturated rings. The Hall–Kier alpha value is -1.36. The molecular weight excluding hydrogens is 214 g/mol. The van der Waals surface area contributed by atoms with Crippen molar-refractivity contribution in [1.29, 1.82) is 0 Å². The lowest BCUT2D eigenvalue weighted by Crippen LogP contribution is -2.44. The molecule has 3 rings (SSSR count). The molecule has 0 bridgehead atoms. The molecule has 92 valence electrons. The summed E-state index contributed by atoms with van der Waals surface area (Å²) >= 11 is 0. The minimum atomic E-state index is 0.867. The third-order valence-corrected chi connectivity index (χ3v) is 3.41. The quantitative estimate of drug-likeness (QED) is 0.742. The van der Waals surface area contributed by atoms with Crippen LogP contribution in [0.5, 0.6) is 0 Å². The number of aromatic nitrogens is 2. The average Bonchev–Trinajstić information content (AvgIpc) is 2.39. The fraction of sp³-hybridized carbons (Fsp3) is 0.667. The Bertz CT molecular complexity index is 412. The van der Waals surface area contributed by atoms with Crippen LogP contribution in [0.1, 0.15) is 17.8 Å². The van der Waals surface area contributed by atoms with Gasteiger partial charge in [-0.1, -0.05) is 0 Å². The number of rotatable bonds is 1. The van der Waals surface area contributed by atoms with Crippen molar-refractivity contribution in [1.82, 2.24) is 15.3 Å². The van der Waals surface area contributed by atoms with Gasteiger partial charge in [-0.05, 0) is 19.8 Å². The van der Waals surface area contributed by atoms with Crippen molar-refractivity contribution in [3.05, 3.63) is 11.4 Å². The molecule has 2 aliphatic rings. The van der Waals surface area contributed by atoms with Gasteiger partial charge in [0.15, 0.2) is 0 Å². The molecule has 0 aliphatic carbocycles. The monoisotopic (exact) mass is 233 g/mol. The summed E-state index contributed by atoms with van der Waals surface area (Å²) in [6.45, 7) is 7.19. The highest BCUT2D eigenvalue weighted by Crippen LogP contribution is 2.28. The molecule has 1 aromatic rings. The van der Waals surface area contributed by atoms with Gasteiger partial charge in [0, 0.05) is 38.3 Å². The number of aryl methyl sites for hydroxylation is 1. The second-order valence-corrected chi connectivity index (χ2v) is 4.69. The Labute approximate surface area is 102 Å². The van der Waals surface area contributed by atoms with Crippen molar-refractivity contribution in [2.24, 2.45) is 0 Å². The van der Waals surface area contributed by atoms with Crippen molar-refractivity contribution in [3.63, 3.8) is 0 Å². The first kappa shape index (κ1) is 10.8. The van der Waals surface area contributed by atoms with Crippen LogP contribution in [0.15, 0.2) is 0 Å². The first-order valence-corrected chi connectivity index (χ1v) is 6.41. The lowest BCUT2D eigenvalue weighted by molar-refractivity contribution is 0.581. The standard InChI is InChI=1S/C12H19N5/c1-9-15-11-10(3-2-4-14-11)12(16-9)17-7-5-13-6-8-17/h13H,2-8H2,1H3,(H,14,15,16). The molecule has 0 unspecified atom stereocenters. The van der Waals surface area contributed by atoms with E-state index in [2.05, 4.69) is 25.5 Å². The molecule has 0 spiro atoms. The number of hydrogen-bond acceptors (Lipinski definition) is 5. The molecule has 2 N–H and O–H groups in total. The second-order valence-electron chi connectivity index (χ2n) is 4.69. The number of piperazine rings is 1. The third kappa shape index (κ3) is 2.07. The summed E-state index contributed by atoms with van der Waals surface area (Å²) in [5, 5.41) is 6.77. The Morgan fingerprint density at radius 1 is 1.12 bits per heavy atom. The van der Waals surface area contributed by atoms with Gasteiger partial charge in [0.25, 0.3) is 0 Å². The number of nitrogens with zero attached hydrogens (tertiary/aromatic N) is 3. The van der Waals surface area contributed by atoms with Crippen LogP contribution in [0.4, 0.5) is 11.6 Å². The van der Waals surface area contributed by atoms with Crippen molar-refractivity contribution >= 4 is 11.6 Å². The minimum absolute atomic E-state index is 0.867. The van der Waals surface area contributed by atoms with Gasteiger partial charge in [-0.3, -0.25) is 0 Å². The van der Waals surface area contributed by atoms with Crippen LogP contribution < -0.4 is 15.5 Å². The molecule has 0 amide bonds. The minimum Gasteiger partial charge on any atom is -0.370 e. The van der Waals surface area contributed by atoms with Crippen LogP contribution in [-0.2, 0) is 6.42 Å². The van der Waals surface area contributed by atoms with E-state index in [0.29, 0.717) is 0 Å². The highest BCUT2D eigenvalue weighted by Gasteiger charge is 2.21. The molecule has 0 radical (unpaired) electrons. The highest BCUT2D eigenvalue weighted by atomic mass is 15.2. The van der Waals surface area contributed by atoms with E-state index in [4.69, 9.17) is 0 Å². The van der Waals surface area contributed by atoms with Gasteiger partial charge in [-0.2, -0.15) is 0 Å². The summed E-state index contributed by atoms with van der Waals surface area (Å²) in [5.74, 6) is 3.07. The maximum absolute atomic E-state index is 4.66. The molecule has 2 aliphatic heterocycles. The van der Waals surface area contributed by atoms with Gasteiger partial charge in [0.2, 0.25) is 0 Å². The van der Waals surface area contributed by atoms with E-state index in [1.165, 1.54) is 12.0 Å². The Kier molecular flexibility index (Phi) is 2.84. The molecule has 5 heteroatoms. The zero-order valence-electron chi connectivity index (χ0n) is 10.3. The van der Waals surface area contributed by atoms with Crippen LogP contribution in [0.3, 0.4) is 0 Å². The summed E-state index contributed by atoms with van der Waals surface area (Å²) in [6.07, 6.45) is 2.28. The van der Waals surface area contributed by atoms with Crippen molar-refractivity contribution < 1.29 is 0 Å². The van der Waals surface area contributed by atoms with E-state index in [1.54, 1.807) is 0 Å². The Balaban J connectivity index is 1.98. The molecular formula is C12H19N5. The SMILES string of the molecule is Cc1nc2c(c(N3CCNCC3)n1)CCCN2. The van der Waals surface area contributed by atoms with Crippen LogP contribution in [-0.4, -0.2) is 42.7 Å². The first-order chi connectivity index (χ1) is 8.34. The number of nitrogens with one attached hydrogen (secondary N) is 2. The normalized spacial score (nSPS) is 19.7.